The molecule has 16 heavy (non-hydrogen) atoms. The first-order chi connectivity index (χ1) is 7.46. The number of nitrogens with two attached hydrogens (primary N) is 1. The minimum atomic E-state index is -0.810. The lowest BCUT2D eigenvalue weighted by molar-refractivity contribution is -0.126. The number of hydrogen-bond acceptors (Lipinski definition) is 3. The van der Waals surface area contributed by atoms with E-state index in [4.69, 9.17) is 5.73 Å². The molecule has 1 amide bonds. The Bertz CT molecular complexity index is 205. The van der Waals surface area contributed by atoms with Crippen LogP contribution in [0.4, 0.5) is 0 Å². The number of amides is 1. The summed E-state index contributed by atoms with van der Waals surface area (Å²) < 4.78 is 0. The number of rotatable bonds is 8. The second-order valence-electron chi connectivity index (χ2n) is 4.69. The van der Waals surface area contributed by atoms with Crippen molar-refractivity contribution in [2.45, 2.75) is 52.1 Å². The third-order valence-corrected chi connectivity index (χ3v) is 2.72. The van der Waals surface area contributed by atoms with Crippen molar-refractivity contribution in [2.75, 3.05) is 13.1 Å². The van der Waals surface area contributed by atoms with E-state index in [9.17, 15) is 9.90 Å². The maximum atomic E-state index is 11.7. The summed E-state index contributed by atoms with van der Waals surface area (Å²) in [4.78, 5) is 11.7. The largest absolute Gasteiger partial charge is 0.388 e. The van der Waals surface area contributed by atoms with Crippen molar-refractivity contribution in [1.82, 2.24) is 5.32 Å². The minimum Gasteiger partial charge on any atom is -0.388 e. The Kier molecular flexibility index (Phi) is 7.34. The molecule has 0 aliphatic rings. The van der Waals surface area contributed by atoms with Crippen molar-refractivity contribution in [2.24, 2.45) is 11.7 Å². The van der Waals surface area contributed by atoms with Crippen molar-refractivity contribution >= 4 is 5.91 Å². The molecular formula is C12H26N2O2. The molecule has 0 aliphatic heterocycles. The molecule has 0 radical (unpaired) electrons. The van der Waals surface area contributed by atoms with E-state index < -0.39 is 5.60 Å². The van der Waals surface area contributed by atoms with Crippen LogP contribution in [-0.2, 0) is 4.79 Å². The SMILES string of the molecule is CCCC(CN)C(=O)NCC(C)(O)CCC. The maximum Gasteiger partial charge on any atom is 0.224 e. The molecule has 0 heterocycles. The lowest BCUT2D eigenvalue weighted by Gasteiger charge is -2.24. The zero-order chi connectivity index (χ0) is 12.6. The first-order valence-corrected chi connectivity index (χ1v) is 6.17. The maximum absolute atomic E-state index is 11.7. The zero-order valence-electron chi connectivity index (χ0n) is 10.8. The summed E-state index contributed by atoms with van der Waals surface area (Å²) in [7, 11) is 0. The quantitative estimate of drug-likeness (QED) is 0.583. The summed E-state index contributed by atoms with van der Waals surface area (Å²) in [5, 5.41) is 12.7. The molecule has 0 aromatic carbocycles. The third kappa shape index (κ3) is 6.08. The number of aliphatic hydroxyl groups is 1. The Morgan fingerprint density at radius 2 is 2.06 bits per heavy atom. The van der Waals surface area contributed by atoms with E-state index >= 15 is 0 Å². The van der Waals surface area contributed by atoms with Crippen LogP contribution in [0.15, 0.2) is 0 Å². The molecule has 4 heteroatoms. The number of carbonyl (C=O) groups is 1. The first kappa shape index (κ1) is 15.4. The summed E-state index contributed by atoms with van der Waals surface area (Å²) in [6, 6.07) is 0. The molecule has 0 rings (SSSR count). The lowest BCUT2D eigenvalue weighted by Crippen LogP contribution is -2.44. The molecular weight excluding hydrogens is 204 g/mol. The van der Waals surface area contributed by atoms with Crippen LogP contribution < -0.4 is 11.1 Å². The van der Waals surface area contributed by atoms with Gasteiger partial charge in [0.15, 0.2) is 0 Å². The van der Waals surface area contributed by atoms with Crippen LogP contribution in [0.1, 0.15) is 46.5 Å². The van der Waals surface area contributed by atoms with E-state index in [1.54, 1.807) is 6.92 Å². The average Bonchev–Trinajstić information content (AvgIpc) is 2.22. The molecule has 0 saturated heterocycles. The van der Waals surface area contributed by atoms with Gasteiger partial charge in [-0.25, -0.2) is 0 Å². The van der Waals surface area contributed by atoms with E-state index in [0.29, 0.717) is 19.5 Å². The van der Waals surface area contributed by atoms with Crippen LogP contribution >= 0.6 is 0 Å². The lowest BCUT2D eigenvalue weighted by atomic mass is 9.99. The van der Waals surface area contributed by atoms with E-state index in [0.717, 1.165) is 19.3 Å². The van der Waals surface area contributed by atoms with Crippen molar-refractivity contribution in [1.29, 1.82) is 0 Å². The van der Waals surface area contributed by atoms with Crippen molar-refractivity contribution in [3.05, 3.63) is 0 Å². The van der Waals surface area contributed by atoms with Crippen molar-refractivity contribution < 1.29 is 9.90 Å². The van der Waals surface area contributed by atoms with Gasteiger partial charge in [-0.05, 0) is 19.8 Å². The predicted molar refractivity (Wildman–Crippen MR) is 66.0 cm³/mol. The fraction of sp³-hybridized carbons (Fsp3) is 0.917. The Balaban J connectivity index is 4.04. The van der Waals surface area contributed by atoms with Gasteiger partial charge in [0, 0.05) is 13.1 Å². The molecule has 0 aromatic heterocycles. The van der Waals surface area contributed by atoms with Crippen molar-refractivity contribution in [3.8, 4) is 0 Å². The fourth-order valence-electron chi connectivity index (χ4n) is 1.75. The highest BCUT2D eigenvalue weighted by atomic mass is 16.3. The molecule has 0 bridgehead atoms. The van der Waals surface area contributed by atoms with Gasteiger partial charge in [-0.3, -0.25) is 4.79 Å². The smallest absolute Gasteiger partial charge is 0.224 e. The Hall–Kier alpha value is -0.610. The molecule has 2 atom stereocenters. The number of carbonyl (C=O) groups excluding carboxylic acids is 1. The van der Waals surface area contributed by atoms with Gasteiger partial charge in [0.2, 0.25) is 5.91 Å². The second-order valence-corrected chi connectivity index (χ2v) is 4.69. The van der Waals surface area contributed by atoms with Crippen LogP contribution in [0.25, 0.3) is 0 Å². The Morgan fingerprint density at radius 1 is 1.44 bits per heavy atom. The highest BCUT2D eigenvalue weighted by Crippen LogP contribution is 2.11. The van der Waals surface area contributed by atoms with Gasteiger partial charge in [-0.15, -0.1) is 0 Å². The van der Waals surface area contributed by atoms with E-state index in [2.05, 4.69) is 5.32 Å². The van der Waals surface area contributed by atoms with Crippen LogP contribution in [0.3, 0.4) is 0 Å². The highest BCUT2D eigenvalue weighted by Gasteiger charge is 2.22. The molecule has 4 nitrogen and oxygen atoms in total. The second kappa shape index (κ2) is 7.63. The number of nitrogens with one attached hydrogen (secondary N) is 1. The zero-order valence-corrected chi connectivity index (χ0v) is 10.8. The molecule has 2 unspecified atom stereocenters. The predicted octanol–water partition coefficient (Wildman–Crippen LogP) is 1.03. The standard InChI is InChI=1S/C12H26N2O2/c1-4-6-10(8-13)11(15)14-9-12(3,16)7-5-2/h10,16H,4-9,13H2,1-3H3,(H,14,15). The minimum absolute atomic E-state index is 0.0410. The average molecular weight is 230 g/mol. The third-order valence-electron chi connectivity index (χ3n) is 2.72. The van der Waals surface area contributed by atoms with Gasteiger partial charge in [-0.2, -0.15) is 0 Å². The van der Waals surface area contributed by atoms with Gasteiger partial charge in [0.25, 0.3) is 0 Å². The topological polar surface area (TPSA) is 75.4 Å². The van der Waals surface area contributed by atoms with Gasteiger partial charge in [0.1, 0.15) is 0 Å². The van der Waals surface area contributed by atoms with Crippen LogP contribution in [0.2, 0.25) is 0 Å². The summed E-state index contributed by atoms with van der Waals surface area (Å²) in [6.45, 7) is 6.46. The van der Waals surface area contributed by atoms with Crippen LogP contribution in [0, 0.1) is 5.92 Å². The van der Waals surface area contributed by atoms with Gasteiger partial charge < -0.3 is 16.2 Å². The summed E-state index contributed by atoms with van der Waals surface area (Å²) in [5.74, 6) is -0.164. The summed E-state index contributed by atoms with van der Waals surface area (Å²) in [6.07, 6.45) is 3.34. The number of hydrogen-bond donors (Lipinski definition) is 3. The van der Waals surface area contributed by atoms with Crippen molar-refractivity contribution in [3.63, 3.8) is 0 Å². The van der Waals surface area contributed by atoms with Gasteiger partial charge in [0.05, 0.1) is 11.5 Å². The monoisotopic (exact) mass is 230 g/mol. The van der Waals surface area contributed by atoms with Gasteiger partial charge in [-0.1, -0.05) is 26.7 Å². The van der Waals surface area contributed by atoms with Crippen LogP contribution in [-0.4, -0.2) is 29.7 Å². The molecule has 0 spiro atoms. The normalized spacial score (nSPS) is 16.6. The summed E-state index contributed by atoms with van der Waals surface area (Å²) in [5.41, 5.74) is 4.72. The molecule has 0 saturated carbocycles. The highest BCUT2D eigenvalue weighted by molar-refractivity contribution is 5.78. The first-order valence-electron chi connectivity index (χ1n) is 6.17. The van der Waals surface area contributed by atoms with E-state index in [1.165, 1.54) is 0 Å². The molecule has 4 N–H and O–H groups in total. The van der Waals surface area contributed by atoms with Crippen LogP contribution in [0.5, 0.6) is 0 Å². The molecule has 0 aliphatic carbocycles. The fourth-order valence-corrected chi connectivity index (χ4v) is 1.75. The van der Waals surface area contributed by atoms with E-state index in [-0.39, 0.29) is 11.8 Å². The molecule has 0 fully saturated rings. The Labute approximate surface area is 98.6 Å². The molecule has 0 aromatic rings. The molecule has 96 valence electrons. The summed E-state index contributed by atoms with van der Waals surface area (Å²) >= 11 is 0. The van der Waals surface area contributed by atoms with Gasteiger partial charge >= 0.3 is 0 Å². The Morgan fingerprint density at radius 3 is 2.50 bits per heavy atom. The van der Waals surface area contributed by atoms with E-state index in [1.807, 2.05) is 13.8 Å².